The van der Waals surface area contributed by atoms with Crippen molar-refractivity contribution < 1.29 is 67.0 Å². The molecule has 3 heterocycles. The first kappa shape index (κ1) is 64.3. The summed E-state index contributed by atoms with van der Waals surface area (Å²) in [7, 11) is 0. The minimum absolute atomic E-state index is 0.0141. The number of carbonyl (C=O) groups is 12. The Bertz CT molecular complexity index is 2840. The molecule has 1 fully saturated rings. The molecule has 440 valence electrons. The second kappa shape index (κ2) is 30.9. The van der Waals surface area contributed by atoms with Gasteiger partial charge in [0.05, 0.1) is 46.2 Å². The Morgan fingerprint density at radius 2 is 0.878 bits per heavy atom. The molecule has 0 unspecified atom stereocenters. The summed E-state index contributed by atoms with van der Waals surface area (Å²) in [5.74, 6) is -12.6. The fourth-order valence-electron chi connectivity index (χ4n) is 7.35. The van der Waals surface area contributed by atoms with Crippen LogP contribution in [0.1, 0.15) is 76.4 Å². The maximum Gasteiger partial charge on any atom is 0.328 e. The number of nitrogens with zero attached hydrogens (tertiary/aromatic N) is 4. The highest BCUT2D eigenvalue weighted by atomic mass is 32.2. The van der Waals surface area contributed by atoms with Crippen LogP contribution in [0.4, 0.5) is 0 Å². The van der Waals surface area contributed by atoms with E-state index in [1.54, 1.807) is 76.2 Å². The van der Waals surface area contributed by atoms with E-state index >= 15 is 0 Å². The van der Waals surface area contributed by atoms with Crippen LogP contribution in [0.25, 0.3) is 22.1 Å². The number of carbonyl (C=O) groups excluding carboxylic acids is 12. The van der Waals surface area contributed by atoms with Gasteiger partial charge < -0.3 is 62.6 Å². The predicted octanol–water partition coefficient (Wildman–Crippen LogP) is -1.52. The smallest absolute Gasteiger partial charge is 0.328 e. The number of rotatable bonds is 14. The summed E-state index contributed by atoms with van der Waals surface area (Å²) in [6.07, 6.45) is 2.31. The van der Waals surface area contributed by atoms with Crippen LogP contribution in [0.2, 0.25) is 0 Å². The second-order valence-corrected chi connectivity index (χ2v) is 21.4. The fraction of sp³-hybridized carbons (Fsp3) is 0.462. The standard InChI is InChI=1S/C52H66N14O14S2/c1-25(2)41-51(77)79-19-37(61-45(71)35-17-53-31-13-9-11-15-33(31)59-35)47(73)57-28(6)44(70)64-40(22-82-24-56-30(8)68)50(76)66-42(26(3)4)52(78)80-20-38(62-46(72)36-18-54-32-14-10-12-16-34(32)60-36)48(74)58-27(5)43(69)63-39(49(75)65-41)21-81-23-55-29(7)67/h9-18,25-28,37-42H,19-24H2,1-8H3,(H,55,67)(H,56,68)(H,57,73)(H,58,74)(H,61,71)(H,62,72)(H,63,69)(H,64,70)(H,65,75)(H,66,76)/t27-,28-,37+,38+,39-,40-,41-,42-/m0/s1. The molecule has 82 heavy (non-hydrogen) atoms. The topological polar surface area (TPSA) is 395 Å². The number of benzene rings is 2. The number of cyclic esters (lactones) is 2. The third kappa shape index (κ3) is 19.3. The number of hydrogen-bond donors (Lipinski definition) is 10. The number of ether oxygens (including phenoxy) is 2. The highest BCUT2D eigenvalue weighted by Crippen LogP contribution is 2.14. The zero-order chi connectivity index (χ0) is 60.2. The first-order valence-electron chi connectivity index (χ1n) is 25.8. The Labute approximate surface area is 479 Å². The van der Waals surface area contributed by atoms with E-state index in [1.807, 2.05) is 0 Å². The van der Waals surface area contributed by atoms with Gasteiger partial charge in [-0.05, 0) is 49.9 Å². The van der Waals surface area contributed by atoms with Crippen molar-refractivity contribution in [2.45, 2.75) is 104 Å². The molecule has 1 aliphatic rings. The van der Waals surface area contributed by atoms with Crippen LogP contribution in [0.15, 0.2) is 60.9 Å². The van der Waals surface area contributed by atoms with E-state index in [4.69, 9.17) is 9.47 Å². The van der Waals surface area contributed by atoms with Crippen LogP contribution in [0.5, 0.6) is 0 Å². The molecule has 4 aromatic rings. The first-order valence-corrected chi connectivity index (χ1v) is 28.1. The highest BCUT2D eigenvalue weighted by molar-refractivity contribution is 7.99. The lowest BCUT2D eigenvalue weighted by atomic mass is 10.0. The van der Waals surface area contributed by atoms with Crippen molar-refractivity contribution >= 4 is 117 Å². The summed E-state index contributed by atoms with van der Waals surface area (Å²) in [4.78, 5) is 180. The van der Waals surface area contributed by atoms with Gasteiger partial charge in [-0.15, -0.1) is 23.5 Å². The molecule has 10 N–H and O–H groups in total. The lowest BCUT2D eigenvalue weighted by Crippen LogP contribution is -2.60. The van der Waals surface area contributed by atoms with Gasteiger partial charge in [0.15, 0.2) is 0 Å². The van der Waals surface area contributed by atoms with E-state index in [0.29, 0.717) is 22.1 Å². The van der Waals surface area contributed by atoms with E-state index in [2.05, 4.69) is 73.1 Å². The van der Waals surface area contributed by atoms with E-state index < -0.39 is 144 Å². The van der Waals surface area contributed by atoms with Crippen LogP contribution in [0, 0.1) is 11.8 Å². The van der Waals surface area contributed by atoms with E-state index in [0.717, 1.165) is 35.9 Å². The largest absolute Gasteiger partial charge is 0.461 e. The summed E-state index contributed by atoms with van der Waals surface area (Å²) >= 11 is 2.03. The van der Waals surface area contributed by atoms with Crippen LogP contribution >= 0.6 is 23.5 Å². The Morgan fingerprint density at radius 1 is 0.524 bits per heavy atom. The lowest BCUT2D eigenvalue weighted by Gasteiger charge is -2.28. The molecular weight excluding hydrogens is 1110 g/mol. The molecule has 2 aromatic heterocycles. The summed E-state index contributed by atoms with van der Waals surface area (Å²) in [6.45, 7) is 9.49. The molecule has 28 nitrogen and oxygen atoms in total. The zero-order valence-corrected chi connectivity index (χ0v) is 47.7. The van der Waals surface area contributed by atoms with Gasteiger partial charge >= 0.3 is 11.9 Å². The van der Waals surface area contributed by atoms with Gasteiger partial charge in [-0.3, -0.25) is 57.9 Å². The molecule has 30 heteroatoms. The predicted molar refractivity (Wildman–Crippen MR) is 298 cm³/mol. The molecule has 0 aliphatic carbocycles. The molecule has 0 bridgehead atoms. The third-order valence-electron chi connectivity index (χ3n) is 12.0. The maximum atomic E-state index is 14.2. The van der Waals surface area contributed by atoms with E-state index in [9.17, 15) is 57.5 Å². The van der Waals surface area contributed by atoms with Crippen LogP contribution < -0.4 is 53.2 Å². The Balaban J connectivity index is 1.51. The monoisotopic (exact) mass is 1170 g/mol. The van der Waals surface area contributed by atoms with Gasteiger partial charge in [-0.1, -0.05) is 52.0 Å². The fourth-order valence-corrected chi connectivity index (χ4v) is 9.14. The van der Waals surface area contributed by atoms with Crippen molar-refractivity contribution in [3.8, 4) is 0 Å². The number of thioether (sulfide) groups is 2. The molecule has 5 rings (SSSR count). The number of nitrogens with one attached hydrogen (secondary N) is 10. The molecule has 0 radical (unpaired) electrons. The minimum atomic E-state index is -1.75. The van der Waals surface area contributed by atoms with Crippen molar-refractivity contribution in [1.82, 2.24) is 73.1 Å². The molecule has 0 spiro atoms. The number of fused-ring (bicyclic) bond motifs is 2. The number of esters is 2. The van der Waals surface area contributed by atoms with Gasteiger partial charge in [0, 0.05) is 25.4 Å². The summed E-state index contributed by atoms with van der Waals surface area (Å²) in [5, 5.41) is 25.1. The molecule has 1 aliphatic heterocycles. The van der Waals surface area contributed by atoms with Gasteiger partial charge in [-0.2, -0.15) is 0 Å². The van der Waals surface area contributed by atoms with Crippen molar-refractivity contribution in [2.24, 2.45) is 11.8 Å². The van der Waals surface area contributed by atoms with Crippen LogP contribution in [0.3, 0.4) is 0 Å². The van der Waals surface area contributed by atoms with Crippen LogP contribution in [-0.4, -0.2) is 176 Å². The quantitative estimate of drug-likeness (QED) is 0.0389. The summed E-state index contributed by atoms with van der Waals surface area (Å²) in [5.41, 5.74) is 1.11. The summed E-state index contributed by atoms with van der Waals surface area (Å²) in [6, 6.07) is 0.943. The second-order valence-electron chi connectivity index (χ2n) is 19.3. The molecule has 1 saturated heterocycles. The molecule has 0 saturated carbocycles. The minimum Gasteiger partial charge on any atom is -0.461 e. The number of para-hydroxylation sites is 4. The van der Waals surface area contributed by atoms with Crippen molar-refractivity contribution in [1.29, 1.82) is 0 Å². The average Bonchev–Trinajstić information content (AvgIpc) is 3.50. The highest BCUT2D eigenvalue weighted by Gasteiger charge is 2.36. The Hall–Kier alpha value is -8.54. The zero-order valence-electron chi connectivity index (χ0n) is 46.1. The molecular formula is C52H66N14O14S2. The lowest BCUT2D eigenvalue weighted by molar-refractivity contribution is -0.152. The van der Waals surface area contributed by atoms with Gasteiger partial charge in [0.25, 0.3) is 11.8 Å². The molecule has 10 amide bonds. The number of amides is 10. The number of aromatic nitrogens is 4. The SMILES string of the molecule is CC(=O)NCSC[C@@H]1NC(=O)[C@H](C)NC(=O)[C@H](NC(=O)c2cnc3ccccc3n2)COC(=O)[C@H](C(C)C)NC(=O)[C@H](CSCNC(C)=O)NC(=O)[C@H](C)NC(=O)[C@H](NC(=O)c2cnc3ccccc3n2)COC(=O)[C@H](C(C)C)NC1=O. The van der Waals surface area contributed by atoms with Crippen molar-refractivity contribution in [2.75, 3.05) is 36.5 Å². The van der Waals surface area contributed by atoms with Gasteiger partial charge in [0.2, 0.25) is 47.3 Å². The van der Waals surface area contributed by atoms with E-state index in [-0.39, 0.29) is 34.6 Å². The maximum absolute atomic E-state index is 14.2. The van der Waals surface area contributed by atoms with Crippen molar-refractivity contribution in [3.63, 3.8) is 0 Å². The average molecular weight is 1180 g/mol. The summed E-state index contributed by atoms with van der Waals surface area (Å²) < 4.78 is 11.2. The molecule has 8 atom stereocenters. The third-order valence-corrected chi connectivity index (χ3v) is 13.8. The Kier molecular flexibility index (Phi) is 24.2. The first-order chi connectivity index (χ1) is 38.9. The van der Waals surface area contributed by atoms with Gasteiger partial charge in [0.1, 0.15) is 72.9 Å². The number of hydrogen-bond acceptors (Lipinski definition) is 20. The molecule has 2 aromatic carbocycles. The van der Waals surface area contributed by atoms with Crippen molar-refractivity contribution in [3.05, 3.63) is 72.3 Å². The van der Waals surface area contributed by atoms with Crippen LogP contribution in [-0.2, 0) is 57.4 Å². The Morgan fingerprint density at radius 3 is 1.22 bits per heavy atom. The van der Waals surface area contributed by atoms with E-state index in [1.165, 1.54) is 27.7 Å². The van der Waals surface area contributed by atoms with Gasteiger partial charge in [-0.25, -0.2) is 19.6 Å². The normalized spacial score (nSPS) is 22.3.